The highest BCUT2D eigenvalue weighted by molar-refractivity contribution is 5.96. The zero-order valence-corrected chi connectivity index (χ0v) is 13.9. The van der Waals surface area contributed by atoms with Gasteiger partial charge in [0.25, 0.3) is 0 Å². The molecule has 3 heterocycles. The largest absolute Gasteiger partial charge is 0.461 e. The van der Waals surface area contributed by atoms with E-state index in [1.54, 1.807) is 17.0 Å². The Kier molecular flexibility index (Phi) is 4.28. The molecule has 1 saturated heterocycles. The number of benzene rings is 1. The molecule has 0 N–H and O–H groups in total. The first-order chi connectivity index (χ1) is 12.2. The first-order valence-corrected chi connectivity index (χ1v) is 8.54. The number of amides is 2. The van der Waals surface area contributed by atoms with E-state index in [0.717, 1.165) is 12.1 Å². The number of hydrogen-bond donors (Lipinski definition) is 0. The van der Waals surface area contributed by atoms with Crippen molar-refractivity contribution in [3.63, 3.8) is 0 Å². The van der Waals surface area contributed by atoms with Gasteiger partial charge in [-0.3, -0.25) is 9.69 Å². The molecule has 0 aliphatic carbocycles. The molecule has 2 amide bonds. The number of nitrogens with zero attached hydrogens (tertiary/aromatic N) is 2. The first kappa shape index (κ1) is 15.9. The minimum Gasteiger partial charge on any atom is -0.461 e. The fourth-order valence-electron chi connectivity index (χ4n) is 3.52. The smallest absolute Gasteiger partial charge is 0.324 e. The quantitative estimate of drug-likeness (QED) is 0.806. The summed E-state index contributed by atoms with van der Waals surface area (Å²) in [5, 5.41) is 0. The van der Waals surface area contributed by atoms with E-state index in [2.05, 4.69) is 6.07 Å². The summed E-state index contributed by atoms with van der Waals surface area (Å²) in [6.45, 7) is 2.03. The molecule has 0 saturated carbocycles. The second-order valence-electron chi connectivity index (χ2n) is 6.34. The van der Waals surface area contributed by atoms with E-state index in [-0.39, 0.29) is 24.3 Å². The number of morpholine rings is 1. The molecular formula is C19H20N2O4. The van der Waals surface area contributed by atoms with Gasteiger partial charge < -0.3 is 14.1 Å². The van der Waals surface area contributed by atoms with Gasteiger partial charge in [-0.05, 0) is 30.2 Å². The van der Waals surface area contributed by atoms with E-state index in [4.69, 9.17) is 9.15 Å². The van der Waals surface area contributed by atoms with Crippen molar-refractivity contribution in [2.75, 3.05) is 31.2 Å². The predicted molar refractivity (Wildman–Crippen MR) is 91.9 cm³/mol. The normalized spacial score (nSPS) is 19.8. The van der Waals surface area contributed by atoms with Gasteiger partial charge in [0, 0.05) is 25.2 Å². The fourth-order valence-corrected chi connectivity index (χ4v) is 3.52. The lowest BCUT2D eigenvalue weighted by Crippen LogP contribution is -2.54. The number of carbonyl (C=O) groups excluding carboxylic acids is 2. The van der Waals surface area contributed by atoms with Crippen LogP contribution in [0.1, 0.15) is 22.5 Å². The molecule has 1 atom stereocenters. The van der Waals surface area contributed by atoms with Gasteiger partial charge in [-0.1, -0.05) is 18.2 Å². The average molecular weight is 340 g/mol. The number of rotatable bonds is 3. The molecule has 1 aromatic carbocycles. The summed E-state index contributed by atoms with van der Waals surface area (Å²) in [5.74, 6) is 0.213. The molecule has 6 heteroatoms. The van der Waals surface area contributed by atoms with Crippen molar-refractivity contribution in [1.29, 1.82) is 0 Å². The molecule has 2 aliphatic rings. The van der Waals surface area contributed by atoms with Crippen LogP contribution in [0, 0.1) is 0 Å². The van der Waals surface area contributed by atoms with Crippen molar-refractivity contribution in [2.24, 2.45) is 0 Å². The second-order valence-corrected chi connectivity index (χ2v) is 6.34. The Morgan fingerprint density at radius 3 is 2.84 bits per heavy atom. The Balaban J connectivity index is 1.51. The van der Waals surface area contributed by atoms with Crippen LogP contribution in [0.4, 0.5) is 10.5 Å². The number of urea groups is 1. The summed E-state index contributed by atoms with van der Waals surface area (Å²) in [6, 6.07) is 11.0. The van der Waals surface area contributed by atoms with Crippen LogP contribution in [0.5, 0.6) is 0 Å². The summed E-state index contributed by atoms with van der Waals surface area (Å²) in [7, 11) is 0. The van der Waals surface area contributed by atoms with Crippen molar-refractivity contribution < 1.29 is 18.7 Å². The van der Waals surface area contributed by atoms with Crippen LogP contribution in [0.3, 0.4) is 0 Å². The lowest BCUT2D eigenvalue weighted by molar-refractivity contribution is 0.0118. The molecule has 1 fully saturated rings. The third kappa shape index (κ3) is 3.05. The Morgan fingerprint density at radius 1 is 1.12 bits per heavy atom. The zero-order chi connectivity index (χ0) is 17.2. The van der Waals surface area contributed by atoms with Gasteiger partial charge in [-0.25, -0.2) is 4.79 Å². The monoisotopic (exact) mass is 340 g/mol. The molecule has 0 spiro atoms. The predicted octanol–water partition coefficient (Wildman–Crippen LogP) is 2.74. The lowest BCUT2D eigenvalue weighted by Gasteiger charge is -2.37. The third-order valence-corrected chi connectivity index (χ3v) is 4.81. The molecule has 0 radical (unpaired) electrons. The molecule has 0 bridgehead atoms. The van der Waals surface area contributed by atoms with Crippen molar-refractivity contribution >= 4 is 17.5 Å². The lowest BCUT2D eigenvalue weighted by atomic mass is 10.1. The Hall–Kier alpha value is -2.60. The highest BCUT2D eigenvalue weighted by Gasteiger charge is 2.35. The van der Waals surface area contributed by atoms with E-state index < -0.39 is 0 Å². The van der Waals surface area contributed by atoms with Crippen molar-refractivity contribution in [3.05, 3.63) is 54.0 Å². The highest BCUT2D eigenvalue weighted by Crippen LogP contribution is 2.29. The number of para-hydroxylation sites is 1. The summed E-state index contributed by atoms with van der Waals surface area (Å²) in [5.41, 5.74) is 2.16. The van der Waals surface area contributed by atoms with Crippen LogP contribution in [0.25, 0.3) is 0 Å². The maximum absolute atomic E-state index is 13.1. The average Bonchev–Trinajstić information content (AvgIpc) is 3.31. The number of carbonyl (C=O) groups is 2. The molecule has 2 aromatic rings. The summed E-state index contributed by atoms with van der Waals surface area (Å²) in [6.07, 6.45) is 2.55. The van der Waals surface area contributed by atoms with Gasteiger partial charge in [-0.15, -0.1) is 0 Å². The Labute approximate surface area is 146 Å². The number of anilines is 1. The van der Waals surface area contributed by atoms with Crippen LogP contribution in [0.2, 0.25) is 0 Å². The molecule has 130 valence electrons. The Morgan fingerprint density at radius 2 is 2.00 bits per heavy atom. The van der Waals surface area contributed by atoms with Gasteiger partial charge in [0.05, 0.1) is 25.5 Å². The topological polar surface area (TPSA) is 63.0 Å². The maximum Gasteiger partial charge on any atom is 0.324 e. The van der Waals surface area contributed by atoms with Gasteiger partial charge in [-0.2, -0.15) is 0 Å². The molecule has 25 heavy (non-hydrogen) atoms. The van der Waals surface area contributed by atoms with E-state index >= 15 is 0 Å². The molecule has 1 aromatic heterocycles. The van der Waals surface area contributed by atoms with Crippen LogP contribution in [0.15, 0.2) is 47.1 Å². The number of furan rings is 1. The van der Waals surface area contributed by atoms with E-state index in [9.17, 15) is 9.59 Å². The summed E-state index contributed by atoms with van der Waals surface area (Å²) in [4.78, 5) is 29.0. The van der Waals surface area contributed by atoms with Crippen molar-refractivity contribution in [1.82, 2.24) is 4.90 Å². The standard InChI is InChI=1S/C19H20N2O4/c22-17(18-6-3-10-25-18)12-15-13-24-11-9-20(15)19(23)21-8-7-14-4-1-2-5-16(14)21/h1-6,10,15H,7-9,11-13H2. The number of fused-ring (bicyclic) bond motifs is 1. The summed E-state index contributed by atoms with van der Waals surface area (Å²) < 4.78 is 10.7. The molecule has 2 aliphatic heterocycles. The fraction of sp³-hybridized carbons (Fsp3) is 0.368. The van der Waals surface area contributed by atoms with E-state index in [1.165, 1.54) is 11.8 Å². The van der Waals surface area contributed by atoms with E-state index in [1.807, 2.05) is 23.1 Å². The molecular weight excluding hydrogens is 320 g/mol. The number of ether oxygens (including phenoxy) is 1. The number of ketones is 1. The van der Waals surface area contributed by atoms with Gasteiger partial charge >= 0.3 is 6.03 Å². The van der Waals surface area contributed by atoms with Crippen LogP contribution in [-0.4, -0.2) is 49.1 Å². The third-order valence-electron chi connectivity index (χ3n) is 4.81. The second kappa shape index (κ2) is 6.72. The van der Waals surface area contributed by atoms with Crippen molar-refractivity contribution in [3.8, 4) is 0 Å². The maximum atomic E-state index is 13.1. The number of Topliss-reactive ketones (excluding diaryl/α,β-unsaturated/α-hetero) is 1. The van der Waals surface area contributed by atoms with Crippen LogP contribution < -0.4 is 4.90 Å². The van der Waals surface area contributed by atoms with Gasteiger partial charge in [0.2, 0.25) is 0 Å². The van der Waals surface area contributed by atoms with Gasteiger partial charge in [0.15, 0.2) is 11.5 Å². The molecule has 4 rings (SSSR count). The molecule has 1 unspecified atom stereocenters. The van der Waals surface area contributed by atoms with Crippen LogP contribution >= 0.6 is 0 Å². The minimum absolute atomic E-state index is 0.0505. The zero-order valence-electron chi connectivity index (χ0n) is 13.9. The molecule has 6 nitrogen and oxygen atoms in total. The first-order valence-electron chi connectivity index (χ1n) is 8.54. The van der Waals surface area contributed by atoms with E-state index in [0.29, 0.717) is 32.1 Å². The SMILES string of the molecule is O=C(CC1COCCN1C(=O)N1CCc2ccccc21)c1ccco1. The number of hydrogen-bond acceptors (Lipinski definition) is 4. The minimum atomic E-state index is -0.272. The highest BCUT2D eigenvalue weighted by atomic mass is 16.5. The Bertz CT molecular complexity index is 771. The van der Waals surface area contributed by atoms with Gasteiger partial charge in [0.1, 0.15) is 0 Å². The van der Waals surface area contributed by atoms with Crippen LogP contribution in [-0.2, 0) is 11.2 Å². The van der Waals surface area contributed by atoms with Crippen molar-refractivity contribution in [2.45, 2.75) is 18.9 Å². The summed E-state index contributed by atoms with van der Waals surface area (Å²) >= 11 is 0.